The van der Waals surface area contributed by atoms with E-state index in [1.54, 1.807) is 16.7 Å². The van der Waals surface area contributed by atoms with Crippen molar-refractivity contribution in [3.63, 3.8) is 0 Å². The van der Waals surface area contributed by atoms with E-state index < -0.39 is 58.1 Å². The van der Waals surface area contributed by atoms with Crippen molar-refractivity contribution in [3.05, 3.63) is 281 Å². The number of rotatable bonds is 9. The lowest BCUT2D eigenvalue weighted by Gasteiger charge is -2.20. The van der Waals surface area contributed by atoms with Crippen LogP contribution in [-0.4, -0.2) is 14.1 Å². The van der Waals surface area contributed by atoms with Crippen molar-refractivity contribution in [2.24, 2.45) is 0 Å². The lowest BCUT2D eigenvalue weighted by atomic mass is 9.94. The maximum absolute atomic E-state index is 15.0. The molecular formula is C80H50F12N4. The van der Waals surface area contributed by atoms with Crippen molar-refractivity contribution >= 4 is 43.6 Å². The molecule has 0 saturated carbocycles. The van der Waals surface area contributed by atoms with Gasteiger partial charge in [0.15, 0.2) is 0 Å². The first-order valence-corrected chi connectivity index (χ1v) is 30.3. The van der Waals surface area contributed by atoms with Crippen LogP contribution >= 0.6 is 0 Å². The van der Waals surface area contributed by atoms with E-state index in [1.165, 1.54) is 36.4 Å². The predicted molar refractivity (Wildman–Crippen MR) is 355 cm³/mol. The normalized spacial score (nSPS) is 12.4. The minimum Gasteiger partial charge on any atom is -0.309 e. The SMILES string of the molecule is Cc1ccc(-c2ccc3c(c2)c2cc(-c4ccc(C)cc4C)ccc2n3-c2cc(C#N)c(-n3c4ccc(-c5ccc(C(F)(F)F)cc5C(F)(F)F)cc4c4cc(-c5ccc(C(F)(F)F)cc5C(F)(F)F)ccc43)cc2-c2cc(-c3ccccc3)nc(-c3ccccc3)c2)c(C)c1. The van der Waals surface area contributed by atoms with Crippen LogP contribution in [0.25, 0.3) is 133 Å². The van der Waals surface area contributed by atoms with Gasteiger partial charge in [0.05, 0.1) is 72.6 Å². The molecule has 0 saturated heterocycles. The van der Waals surface area contributed by atoms with Gasteiger partial charge in [0.25, 0.3) is 0 Å². The highest BCUT2D eigenvalue weighted by atomic mass is 19.4. The Morgan fingerprint density at radius 1 is 0.312 bits per heavy atom. The number of benzene rings is 11. The smallest absolute Gasteiger partial charge is 0.309 e. The quantitative estimate of drug-likeness (QED) is 0.135. The maximum Gasteiger partial charge on any atom is 0.417 e. The topological polar surface area (TPSA) is 46.5 Å². The van der Waals surface area contributed by atoms with Crippen LogP contribution < -0.4 is 0 Å². The molecule has 0 aliphatic carbocycles. The third-order valence-corrected chi connectivity index (χ3v) is 17.8. The Kier molecular flexibility index (Phi) is 15.0. The van der Waals surface area contributed by atoms with Crippen molar-refractivity contribution in [2.75, 3.05) is 0 Å². The zero-order valence-electron chi connectivity index (χ0n) is 51.3. The first-order chi connectivity index (χ1) is 45.7. The Bertz CT molecular complexity index is 5230. The van der Waals surface area contributed by atoms with E-state index in [0.717, 1.165) is 77.4 Å². The molecule has 0 aliphatic rings. The van der Waals surface area contributed by atoms with Crippen LogP contribution in [0.2, 0.25) is 0 Å². The van der Waals surface area contributed by atoms with E-state index in [9.17, 15) is 31.6 Å². The van der Waals surface area contributed by atoms with Crippen LogP contribution in [0.1, 0.15) is 50.1 Å². The van der Waals surface area contributed by atoms with Crippen LogP contribution in [0.4, 0.5) is 52.7 Å². The van der Waals surface area contributed by atoms with Crippen molar-refractivity contribution < 1.29 is 52.7 Å². The molecule has 16 heteroatoms. The van der Waals surface area contributed by atoms with E-state index in [-0.39, 0.29) is 56.3 Å². The third-order valence-electron chi connectivity index (χ3n) is 17.8. The number of nitrogens with zero attached hydrogens (tertiary/aromatic N) is 4. The van der Waals surface area contributed by atoms with Gasteiger partial charge in [-0.2, -0.15) is 57.9 Å². The summed E-state index contributed by atoms with van der Waals surface area (Å²) < 4.78 is 179. The van der Waals surface area contributed by atoms with E-state index in [2.05, 4.69) is 85.1 Å². The van der Waals surface area contributed by atoms with E-state index in [4.69, 9.17) is 4.98 Å². The number of nitriles is 1. The van der Waals surface area contributed by atoms with Gasteiger partial charge in [-0.25, -0.2) is 4.98 Å². The molecule has 0 radical (unpaired) electrons. The Balaban J connectivity index is 1.10. The van der Waals surface area contributed by atoms with Gasteiger partial charge < -0.3 is 9.13 Å². The molecule has 0 bridgehead atoms. The molecule has 0 atom stereocenters. The Morgan fingerprint density at radius 2 is 0.677 bits per heavy atom. The highest BCUT2D eigenvalue weighted by molar-refractivity contribution is 6.14. The molecule has 4 nitrogen and oxygen atoms in total. The number of alkyl halides is 12. The van der Waals surface area contributed by atoms with E-state index in [0.29, 0.717) is 52.5 Å². The molecule has 0 amide bonds. The van der Waals surface area contributed by atoms with Gasteiger partial charge in [-0.15, -0.1) is 0 Å². The number of fused-ring (bicyclic) bond motifs is 6. The summed E-state index contributed by atoms with van der Waals surface area (Å²) in [6.45, 7) is 8.20. The van der Waals surface area contributed by atoms with Crippen LogP contribution in [-0.2, 0) is 24.7 Å². The summed E-state index contributed by atoms with van der Waals surface area (Å²) in [7, 11) is 0. The monoisotopic (exact) mass is 1290 g/mol. The fourth-order valence-electron chi connectivity index (χ4n) is 13.4. The fourth-order valence-corrected chi connectivity index (χ4v) is 13.4. The molecule has 0 fully saturated rings. The van der Waals surface area contributed by atoms with Crippen molar-refractivity contribution in [1.29, 1.82) is 5.26 Å². The maximum atomic E-state index is 15.0. The molecule has 0 aliphatic heterocycles. The van der Waals surface area contributed by atoms with Gasteiger partial charge in [-0.1, -0.05) is 145 Å². The summed E-state index contributed by atoms with van der Waals surface area (Å²) in [6.07, 6.45) is -21.0. The Morgan fingerprint density at radius 3 is 1.03 bits per heavy atom. The van der Waals surface area contributed by atoms with Crippen molar-refractivity contribution in [2.45, 2.75) is 52.4 Å². The largest absolute Gasteiger partial charge is 0.417 e. The van der Waals surface area contributed by atoms with Gasteiger partial charge in [0.1, 0.15) is 6.07 Å². The average molecular weight is 1300 g/mol. The molecule has 0 N–H and O–H groups in total. The zero-order valence-corrected chi connectivity index (χ0v) is 51.3. The second-order valence-electron chi connectivity index (χ2n) is 24.1. The lowest BCUT2D eigenvalue weighted by molar-refractivity contribution is -0.144. The van der Waals surface area contributed by atoms with Gasteiger partial charge in [0.2, 0.25) is 0 Å². The third kappa shape index (κ3) is 11.2. The number of halogens is 12. The summed E-state index contributed by atoms with van der Waals surface area (Å²) in [5.74, 6) is 0. The lowest BCUT2D eigenvalue weighted by Crippen LogP contribution is -2.12. The Labute approximate surface area is 541 Å². The van der Waals surface area contributed by atoms with Gasteiger partial charge in [-0.3, -0.25) is 0 Å². The van der Waals surface area contributed by atoms with Crippen LogP contribution in [0.3, 0.4) is 0 Å². The van der Waals surface area contributed by atoms with Crippen molar-refractivity contribution in [3.8, 4) is 95.6 Å². The second kappa shape index (κ2) is 23.1. The number of hydrogen-bond acceptors (Lipinski definition) is 2. The standard InChI is InChI=1S/C80H50F12N4/c1-44-15-23-58(46(3)31-44)50-17-27-73-63(33-50)64-34-51(59-24-16-45(2)32-47(59)4)18-28-74(64)96(73)76-39-55(43-93)75(42-62(76)54-37-69(48-11-7-5-8-12-48)94-70(38-54)49-13-9-6-10-14-49)95-71-29-19-52(60-25-21-56(77(81,82)83)40-67(60)79(87,88)89)35-65(71)66-36-53(20-30-72(66)95)61-26-22-57(78(84,85)86)41-68(61)80(90,91)92/h5-42H,1-4H3. The van der Waals surface area contributed by atoms with Crippen molar-refractivity contribution in [1.82, 2.24) is 14.1 Å². The Hall–Kier alpha value is -11.2. The first-order valence-electron chi connectivity index (χ1n) is 30.3. The number of aromatic nitrogens is 3. The van der Waals surface area contributed by atoms with E-state index >= 15 is 26.3 Å². The predicted octanol–water partition coefficient (Wildman–Crippen LogP) is 24.1. The van der Waals surface area contributed by atoms with Gasteiger partial charge in [-0.05, 0) is 186 Å². The average Bonchev–Trinajstić information content (AvgIpc) is 1.54. The molecule has 3 aromatic heterocycles. The minimum atomic E-state index is -5.32. The van der Waals surface area contributed by atoms with E-state index in [1.807, 2.05) is 98.8 Å². The molecule has 3 heterocycles. The molecule has 14 aromatic rings. The molecule has 0 spiro atoms. The minimum absolute atomic E-state index is 0.00291. The number of aryl methyl sites for hydroxylation is 4. The molecule has 0 unspecified atom stereocenters. The molecule has 96 heavy (non-hydrogen) atoms. The zero-order chi connectivity index (χ0) is 67.5. The van der Waals surface area contributed by atoms with Gasteiger partial charge >= 0.3 is 24.7 Å². The van der Waals surface area contributed by atoms with Gasteiger partial charge in [0, 0.05) is 38.2 Å². The highest BCUT2D eigenvalue weighted by Crippen LogP contribution is 2.49. The second-order valence-corrected chi connectivity index (χ2v) is 24.1. The highest BCUT2D eigenvalue weighted by Gasteiger charge is 2.40. The molecular weight excluding hydrogens is 1240 g/mol. The summed E-state index contributed by atoms with van der Waals surface area (Å²) in [5, 5.41) is 13.7. The molecule has 474 valence electrons. The molecule has 14 rings (SSSR count). The van der Waals surface area contributed by atoms with Crippen LogP contribution in [0.5, 0.6) is 0 Å². The fraction of sp³-hybridized carbons (Fsp3) is 0.100. The summed E-state index contributed by atoms with van der Waals surface area (Å²) in [5.41, 5.74) is 6.58. The summed E-state index contributed by atoms with van der Waals surface area (Å²) in [4.78, 5) is 5.21. The van der Waals surface area contributed by atoms with Crippen LogP contribution in [0.15, 0.2) is 231 Å². The van der Waals surface area contributed by atoms with Crippen LogP contribution in [0, 0.1) is 39.0 Å². The number of hydrogen-bond donors (Lipinski definition) is 0. The molecule has 11 aromatic carbocycles. The summed E-state index contributed by atoms with van der Waals surface area (Å²) >= 11 is 0. The summed E-state index contributed by atoms with van der Waals surface area (Å²) in [6, 6.07) is 64.2. The first kappa shape index (κ1) is 62.3. The number of pyridine rings is 1.